The van der Waals surface area contributed by atoms with Crippen LogP contribution in [0, 0.1) is 5.82 Å². The third kappa shape index (κ3) is 2.74. The van der Waals surface area contributed by atoms with E-state index in [1.54, 1.807) is 6.21 Å². The molecule has 0 radical (unpaired) electrons. The molecule has 0 bridgehead atoms. The van der Waals surface area contributed by atoms with Gasteiger partial charge < -0.3 is 4.57 Å². The van der Waals surface area contributed by atoms with Crippen LogP contribution in [0.25, 0.3) is 10.9 Å². The summed E-state index contributed by atoms with van der Waals surface area (Å²) < 4.78 is 15.1. The summed E-state index contributed by atoms with van der Waals surface area (Å²) in [5.41, 5.74) is 4.62. The predicted octanol–water partition coefficient (Wildman–Crippen LogP) is 3.08. The van der Waals surface area contributed by atoms with Crippen LogP contribution in [-0.4, -0.2) is 16.7 Å². The molecule has 0 unspecified atom stereocenters. The molecule has 0 saturated heterocycles. The average molecular weight is 295 g/mol. The number of para-hydroxylation sites is 1. The van der Waals surface area contributed by atoms with Crippen LogP contribution in [0.1, 0.15) is 15.9 Å². The van der Waals surface area contributed by atoms with Crippen LogP contribution >= 0.6 is 0 Å². The molecule has 0 saturated carbocycles. The molecule has 0 spiro atoms. The predicted molar refractivity (Wildman–Crippen MR) is 84.4 cm³/mol. The van der Waals surface area contributed by atoms with E-state index in [-0.39, 0.29) is 5.56 Å². The van der Waals surface area contributed by atoms with Crippen molar-refractivity contribution in [2.75, 3.05) is 0 Å². The van der Waals surface area contributed by atoms with Crippen molar-refractivity contribution in [3.05, 3.63) is 71.7 Å². The van der Waals surface area contributed by atoms with Crippen LogP contribution < -0.4 is 5.43 Å². The minimum absolute atomic E-state index is 0.232. The van der Waals surface area contributed by atoms with Gasteiger partial charge in [0.25, 0.3) is 5.91 Å². The highest BCUT2D eigenvalue weighted by molar-refractivity contribution is 6.00. The Morgan fingerprint density at radius 1 is 1.23 bits per heavy atom. The minimum Gasteiger partial charge on any atom is -0.350 e. The molecule has 1 N–H and O–H groups in total. The van der Waals surface area contributed by atoms with Crippen LogP contribution in [0.15, 0.2) is 59.8 Å². The maximum atomic E-state index is 13.1. The number of fused-ring (bicyclic) bond motifs is 1. The minimum atomic E-state index is -0.453. The Morgan fingerprint density at radius 2 is 2.05 bits per heavy atom. The summed E-state index contributed by atoms with van der Waals surface area (Å²) in [6.45, 7) is 0. The topological polar surface area (TPSA) is 46.4 Å². The molecule has 1 amide bonds. The SMILES string of the molecule is Cn1cc(C=NNC(=O)c2cccc(F)c2)c2ccccc21. The van der Waals surface area contributed by atoms with Gasteiger partial charge in [0.1, 0.15) is 5.82 Å². The fourth-order valence-electron chi connectivity index (χ4n) is 2.33. The number of halogens is 1. The highest BCUT2D eigenvalue weighted by atomic mass is 19.1. The van der Waals surface area contributed by atoms with Gasteiger partial charge in [-0.15, -0.1) is 0 Å². The number of benzene rings is 2. The second-order valence-corrected chi connectivity index (χ2v) is 4.92. The van der Waals surface area contributed by atoms with Crippen LogP contribution in [-0.2, 0) is 7.05 Å². The van der Waals surface area contributed by atoms with Gasteiger partial charge in [-0.2, -0.15) is 5.10 Å². The number of nitrogens with zero attached hydrogens (tertiary/aromatic N) is 2. The molecule has 3 rings (SSSR count). The van der Waals surface area contributed by atoms with E-state index in [9.17, 15) is 9.18 Å². The van der Waals surface area contributed by atoms with E-state index in [4.69, 9.17) is 0 Å². The molecule has 1 aromatic heterocycles. The Kier molecular flexibility index (Phi) is 3.70. The highest BCUT2D eigenvalue weighted by Gasteiger charge is 2.06. The van der Waals surface area contributed by atoms with Crippen molar-refractivity contribution in [2.45, 2.75) is 0 Å². The Morgan fingerprint density at radius 3 is 2.86 bits per heavy atom. The van der Waals surface area contributed by atoms with E-state index >= 15 is 0 Å². The molecule has 1 heterocycles. The first-order chi connectivity index (χ1) is 10.6. The molecule has 5 heteroatoms. The third-order valence-corrected chi connectivity index (χ3v) is 3.38. The molecule has 0 atom stereocenters. The maximum Gasteiger partial charge on any atom is 0.271 e. The van der Waals surface area contributed by atoms with Crippen LogP contribution in [0.4, 0.5) is 4.39 Å². The number of hydrogen-bond acceptors (Lipinski definition) is 2. The number of aryl methyl sites for hydroxylation is 1. The van der Waals surface area contributed by atoms with Crippen molar-refractivity contribution in [2.24, 2.45) is 12.1 Å². The lowest BCUT2D eigenvalue weighted by Crippen LogP contribution is -2.17. The Balaban J connectivity index is 1.78. The summed E-state index contributed by atoms with van der Waals surface area (Å²) in [6, 6.07) is 13.4. The highest BCUT2D eigenvalue weighted by Crippen LogP contribution is 2.18. The first-order valence-corrected chi connectivity index (χ1v) is 6.78. The van der Waals surface area contributed by atoms with Gasteiger partial charge in [-0.3, -0.25) is 4.79 Å². The van der Waals surface area contributed by atoms with Crippen molar-refractivity contribution in [1.82, 2.24) is 9.99 Å². The summed E-state index contributed by atoms with van der Waals surface area (Å²) in [6.07, 6.45) is 3.52. The third-order valence-electron chi connectivity index (χ3n) is 3.38. The van der Waals surface area contributed by atoms with Crippen LogP contribution in [0.2, 0.25) is 0 Å². The number of rotatable bonds is 3. The van der Waals surface area contributed by atoms with Gasteiger partial charge in [-0.05, 0) is 24.3 Å². The molecule has 4 nitrogen and oxygen atoms in total. The lowest BCUT2D eigenvalue weighted by Gasteiger charge is -1.99. The van der Waals surface area contributed by atoms with E-state index in [1.807, 2.05) is 42.1 Å². The molecule has 3 aromatic rings. The largest absolute Gasteiger partial charge is 0.350 e. The molecule has 2 aromatic carbocycles. The van der Waals surface area contributed by atoms with E-state index in [0.29, 0.717) is 0 Å². The molecule has 0 aliphatic carbocycles. The molecule has 0 aliphatic rings. The smallest absolute Gasteiger partial charge is 0.271 e. The molecule has 22 heavy (non-hydrogen) atoms. The standard InChI is InChI=1S/C17H14FN3O/c1-21-11-13(15-7-2-3-8-16(15)21)10-19-20-17(22)12-5-4-6-14(18)9-12/h2-11H,1H3,(H,20,22). The maximum absolute atomic E-state index is 13.1. The monoisotopic (exact) mass is 295 g/mol. The Hall–Kier alpha value is -2.95. The summed E-state index contributed by atoms with van der Waals surface area (Å²) >= 11 is 0. The number of hydrogen-bond donors (Lipinski definition) is 1. The van der Waals surface area contributed by atoms with Crippen molar-refractivity contribution >= 4 is 23.0 Å². The first-order valence-electron chi connectivity index (χ1n) is 6.78. The number of carbonyl (C=O) groups excluding carboxylic acids is 1. The molecular formula is C17H14FN3O. The summed E-state index contributed by atoms with van der Waals surface area (Å²) in [5.74, 6) is -0.901. The van der Waals surface area contributed by atoms with Crippen LogP contribution in [0.5, 0.6) is 0 Å². The van der Waals surface area contributed by atoms with Gasteiger partial charge >= 0.3 is 0 Å². The lowest BCUT2D eigenvalue weighted by molar-refractivity contribution is 0.0954. The zero-order chi connectivity index (χ0) is 15.5. The molecule has 0 aliphatic heterocycles. The second-order valence-electron chi connectivity index (χ2n) is 4.92. The Bertz CT molecular complexity index is 867. The van der Waals surface area contributed by atoms with Gasteiger partial charge in [0.2, 0.25) is 0 Å². The fourth-order valence-corrected chi connectivity index (χ4v) is 2.33. The van der Waals surface area contributed by atoms with Gasteiger partial charge in [0.05, 0.1) is 6.21 Å². The lowest BCUT2D eigenvalue weighted by atomic mass is 10.2. The average Bonchev–Trinajstić information content (AvgIpc) is 2.84. The van der Waals surface area contributed by atoms with Gasteiger partial charge in [0.15, 0.2) is 0 Å². The number of amides is 1. The van der Waals surface area contributed by atoms with E-state index in [2.05, 4.69) is 10.5 Å². The number of hydrazone groups is 1. The summed E-state index contributed by atoms with van der Waals surface area (Å²) in [4.78, 5) is 11.9. The first kappa shape index (κ1) is 14.0. The normalized spacial score (nSPS) is 11.2. The second kappa shape index (κ2) is 5.81. The zero-order valence-corrected chi connectivity index (χ0v) is 12.0. The summed E-state index contributed by atoms with van der Waals surface area (Å²) in [7, 11) is 1.95. The van der Waals surface area contributed by atoms with Gasteiger partial charge in [-0.25, -0.2) is 9.82 Å². The number of nitrogens with one attached hydrogen (secondary N) is 1. The molecular weight excluding hydrogens is 281 g/mol. The van der Waals surface area contributed by atoms with Crippen molar-refractivity contribution in [3.8, 4) is 0 Å². The van der Waals surface area contributed by atoms with E-state index in [0.717, 1.165) is 16.5 Å². The molecule has 110 valence electrons. The molecule has 0 fully saturated rings. The number of carbonyl (C=O) groups is 1. The van der Waals surface area contributed by atoms with Gasteiger partial charge in [0, 0.05) is 35.3 Å². The van der Waals surface area contributed by atoms with Crippen molar-refractivity contribution in [3.63, 3.8) is 0 Å². The number of aromatic nitrogens is 1. The summed E-state index contributed by atoms with van der Waals surface area (Å²) in [5, 5.41) is 5.00. The van der Waals surface area contributed by atoms with Gasteiger partial charge in [-0.1, -0.05) is 24.3 Å². The fraction of sp³-hybridized carbons (Fsp3) is 0.0588. The Labute approximate surface area is 126 Å². The quantitative estimate of drug-likeness (QED) is 0.586. The van der Waals surface area contributed by atoms with Crippen LogP contribution in [0.3, 0.4) is 0 Å². The van der Waals surface area contributed by atoms with Crippen molar-refractivity contribution < 1.29 is 9.18 Å². The van der Waals surface area contributed by atoms with E-state index < -0.39 is 11.7 Å². The van der Waals surface area contributed by atoms with E-state index in [1.165, 1.54) is 24.3 Å². The zero-order valence-electron chi connectivity index (χ0n) is 12.0. The van der Waals surface area contributed by atoms with Crippen molar-refractivity contribution in [1.29, 1.82) is 0 Å².